The molecule has 13 aromatic rings. The van der Waals surface area contributed by atoms with Crippen molar-refractivity contribution >= 4 is 78.5 Å². The first-order valence-corrected chi connectivity index (χ1v) is 39.2. The van der Waals surface area contributed by atoms with Crippen LogP contribution in [0, 0.1) is 0 Å². The fraction of sp³-hybridized carbons (Fsp3) is 0.247. The van der Waals surface area contributed by atoms with Gasteiger partial charge in [0.15, 0.2) is 0 Å². The third kappa shape index (κ3) is 14.5. The van der Waals surface area contributed by atoms with Gasteiger partial charge in [-0.15, -0.1) is 0 Å². The van der Waals surface area contributed by atoms with E-state index in [4.69, 9.17) is 0 Å². The lowest BCUT2D eigenvalue weighted by molar-refractivity contribution is 0.0508. The first-order chi connectivity index (χ1) is 53.4. The zero-order valence-electron chi connectivity index (χ0n) is 63.1. The maximum Gasteiger partial charge on any atom is 0.261 e. The zero-order valence-corrected chi connectivity index (χ0v) is 63.1. The zero-order chi connectivity index (χ0) is 75.7. The minimum Gasteiger partial charge on any atom is -0.271 e. The molecule has 6 amide bonds. The van der Waals surface area contributed by atoms with Gasteiger partial charge >= 0.3 is 0 Å². The van der Waals surface area contributed by atoms with Gasteiger partial charge in [-0.1, -0.05) is 251 Å². The number of hydrogen-bond donors (Lipinski definition) is 0. The van der Waals surface area contributed by atoms with E-state index in [-0.39, 0.29) is 53.6 Å². The Balaban J connectivity index is 0.000000137. The monoisotopic (exact) mass is 1440 g/mol. The second kappa shape index (κ2) is 33.5. The highest BCUT2D eigenvalue weighted by molar-refractivity contribution is 6.30. The van der Waals surface area contributed by atoms with Crippen molar-refractivity contribution < 1.29 is 28.8 Å². The predicted octanol–water partition coefficient (Wildman–Crippen LogP) is 23.7. The maximum absolute atomic E-state index is 13.8. The van der Waals surface area contributed by atoms with Crippen molar-refractivity contribution in [1.82, 2.24) is 29.7 Å². The Morgan fingerprint density at radius 3 is 0.991 bits per heavy atom. The average molecular weight is 1440 g/mol. The van der Waals surface area contributed by atoms with Crippen molar-refractivity contribution in [1.29, 1.82) is 0 Å². The van der Waals surface area contributed by atoms with Gasteiger partial charge in [0.1, 0.15) is 0 Å². The molecule has 0 aliphatic carbocycles. The molecule has 0 spiro atoms. The number of rotatable bonds is 24. The number of amides is 6. The standard InChI is InChI=1S/C35H32N2O2.2C31H30N2O2/c1-3-5-6-12-23(4-2)37-34(38)30-16-11-15-29-27(19-21-31(33(29)30)35(37)39)26-18-20-28(32-17-9-10-22-36-32)25-14-8-7-13-24(25)26;1-3-5-6-10-24(4-2)33-30(34)27-12-7-11-26-25(17-18-28(29(26)27)31(33)35)22-15-13-21(14-16-22)23-9-8-19-32-20-23;1-3-5-6-8-24(4-2)33-30(34)27-10-7-9-26-25(15-16-28(29(26)27)31(33)35)23-13-11-21(12-14-23)22-17-19-32-20-18-22/h7-11,13-23H,3-6,12H2,1-2H3;7-9,11-20,24H,3-6,10H2,1-2H3;7,9-20,24H,3-6,8H2,1-2H3. The fourth-order valence-corrected chi connectivity index (χ4v) is 16.6. The van der Waals surface area contributed by atoms with Crippen LogP contribution >= 0.6 is 0 Å². The average Bonchev–Trinajstić information content (AvgIpc) is 0.723. The molecule has 12 heteroatoms. The van der Waals surface area contributed by atoms with E-state index in [9.17, 15) is 28.8 Å². The Hall–Kier alpha value is -11.9. The van der Waals surface area contributed by atoms with Crippen LogP contribution in [0.15, 0.2) is 249 Å². The summed E-state index contributed by atoms with van der Waals surface area (Å²) in [5.74, 6) is -1.01. The molecular weight excluding hydrogens is 1350 g/mol. The topological polar surface area (TPSA) is 151 Å². The summed E-state index contributed by atoms with van der Waals surface area (Å²) in [7, 11) is 0. The molecule has 109 heavy (non-hydrogen) atoms. The lowest BCUT2D eigenvalue weighted by Gasteiger charge is -2.34. The molecule has 0 N–H and O–H groups in total. The van der Waals surface area contributed by atoms with E-state index < -0.39 is 0 Å². The fourth-order valence-electron chi connectivity index (χ4n) is 16.6. The molecule has 12 nitrogen and oxygen atoms in total. The number of nitrogens with zero attached hydrogens (tertiary/aromatic N) is 6. The summed E-state index contributed by atoms with van der Waals surface area (Å²) in [6.07, 6.45) is 23.6. The predicted molar refractivity (Wildman–Crippen MR) is 442 cm³/mol. The van der Waals surface area contributed by atoms with Crippen molar-refractivity contribution in [3.63, 3.8) is 0 Å². The Labute approximate surface area is 638 Å². The molecule has 0 bridgehead atoms. The van der Waals surface area contributed by atoms with Crippen molar-refractivity contribution in [3.8, 4) is 66.9 Å². The molecule has 3 aliphatic heterocycles. The number of carbonyl (C=O) groups is 6. The van der Waals surface area contributed by atoms with Gasteiger partial charge in [0, 0.05) is 104 Å². The van der Waals surface area contributed by atoms with Gasteiger partial charge in [-0.3, -0.25) is 58.4 Å². The summed E-state index contributed by atoms with van der Waals surface area (Å²) in [6.45, 7) is 12.7. The van der Waals surface area contributed by atoms with Gasteiger partial charge in [-0.05, 0) is 188 Å². The molecule has 3 atom stereocenters. The van der Waals surface area contributed by atoms with Crippen molar-refractivity contribution in [2.75, 3.05) is 0 Å². The van der Waals surface area contributed by atoms with E-state index >= 15 is 0 Å². The van der Waals surface area contributed by atoms with Crippen molar-refractivity contribution in [2.24, 2.45) is 0 Å². The number of fused-ring (bicyclic) bond motifs is 1. The van der Waals surface area contributed by atoms with E-state index in [0.29, 0.717) is 33.4 Å². The molecule has 16 rings (SSSR count). The van der Waals surface area contributed by atoms with Crippen LogP contribution in [0.4, 0.5) is 0 Å². The van der Waals surface area contributed by atoms with Crippen molar-refractivity contribution in [3.05, 3.63) is 283 Å². The minimum absolute atomic E-state index is 0.0645. The smallest absolute Gasteiger partial charge is 0.261 e. The number of carbonyl (C=O) groups excluding carboxylic acids is 6. The molecule has 10 aromatic carbocycles. The van der Waals surface area contributed by atoms with E-state index in [1.165, 1.54) is 14.7 Å². The minimum atomic E-state index is -0.172. The molecule has 6 heterocycles. The van der Waals surface area contributed by atoms with Crippen molar-refractivity contribution in [2.45, 2.75) is 156 Å². The second-order valence-corrected chi connectivity index (χ2v) is 28.8. The van der Waals surface area contributed by atoms with Crippen LogP contribution in [0.25, 0.3) is 110 Å². The molecule has 3 aliphatic rings. The largest absolute Gasteiger partial charge is 0.271 e. The molecule has 546 valence electrons. The normalized spacial score (nSPS) is 13.9. The number of aromatic nitrogens is 3. The SMILES string of the molecule is CCCCCC(CC)N1C(=O)c2cccc3c(-c4ccc(-c5ccccn5)c5ccccc45)ccc(c23)C1=O.CCCCCC(CC)N1C(=O)c2cccc3c(-c4ccc(-c5cccnc5)cc4)ccc(c23)C1=O.CCCCCC(CC)N1C(=O)c2cccc3c(-c4ccc(-c5ccncc5)cc4)ccc(c23)C1=O. The van der Waals surface area contributed by atoms with Gasteiger partial charge in [0.05, 0.1) is 5.69 Å². The van der Waals surface area contributed by atoms with Gasteiger partial charge in [0.25, 0.3) is 35.4 Å². The molecule has 3 unspecified atom stereocenters. The molecule has 0 fully saturated rings. The van der Waals surface area contributed by atoms with Crippen LogP contribution < -0.4 is 0 Å². The Morgan fingerprint density at radius 1 is 0.257 bits per heavy atom. The molecule has 0 radical (unpaired) electrons. The summed E-state index contributed by atoms with van der Waals surface area (Å²) < 4.78 is 0. The van der Waals surface area contributed by atoms with E-state index in [2.05, 4.69) is 129 Å². The Bertz CT molecular complexity index is 5270. The van der Waals surface area contributed by atoms with Crippen LogP contribution in [-0.4, -0.2) is 83.2 Å². The number of hydrogen-bond acceptors (Lipinski definition) is 9. The summed E-state index contributed by atoms with van der Waals surface area (Å²) in [5.41, 5.74) is 16.4. The highest BCUT2D eigenvalue weighted by atomic mass is 16.2. The molecule has 3 aromatic heterocycles. The van der Waals surface area contributed by atoms with Gasteiger partial charge < -0.3 is 0 Å². The van der Waals surface area contributed by atoms with Crippen LogP contribution in [0.2, 0.25) is 0 Å². The second-order valence-electron chi connectivity index (χ2n) is 28.8. The quantitative estimate of drug-likeness (QED) is 0.0425. The highest BCUT2D eigenvalue weighted by Gasteiger charge is 2.40. The van der Waals surface area contributed by atoms with E-state index in [1.807, 2.05) is 158 Å². The third-order valence-corrected chi connectivity index (χ3v) is 22.3. The molecular formula is C97H92N6O6. The lowest BCUT2D eigenvalue weighted by Crippen LogP contribution is -2.46. The summed E-state index contributed by atoms with van der Waals surface area (Å²) in [4.78, 5) is 99.5. The number of unbranched alkanes of at least 4 members (excludes halogenated alkanes) is 6. The first kappa shape index (κ1) is 74.0. The van der Waals surface area contributed by atoms with Crippen LogP contribution in [0.5, 0.6) is 0 Å². The van der Waals surface area contributed by atoms with E-state index in [0.717, 1.165) is 206 Å². The van der Waals surface area contributed by atoms with Crippen LogP contribution in [0.3, 0.4) is 0 Å². The lowest BCUT2D eigenvalue weighted by atomic mass is 9.86. The number of pyridine rings is 3. The summed E-state index contributed by atoms with van der Waals surface area (Å²) >= 11 is 0. The van der Waals surface area contributed by atoms with Gasteiger partial charge in [-0.25, -0.2) is 0 Å². The van der Waals surface area contributed by atoms with Crippen LogP contribution in [-0.2, 0) is 0 Å². The number of imide groups is 3. The number of benzene rings is 10. The van der Waals surface area contributed by atoms with E-state index in [1.54, 1.807) is 18.6 Å². The Kier molecular flexibility index (Phi) is 22.7. The highest BCUT2D eigenvalue weighted by Crippen LogP contribution is 2.44. The molecule has 0 saturated heterocycles. The Morgan fingerprint density at radius 2 is 0.596 bits per heavy atom. The van der Waals surface area contributed by atoms with Gasteiger partial charge in [-0.2, -0.15) is 0 Å². The third-order valence-electron chi connectivity index (χ3n) is 22.3. The molecule has 0 saturated carbocycles. The maximum atomic E-state index is 13.8. The van der Waals surface area contributed by atoms with Gasteiger partial charge in [0.2, 0.25) is 0 Å². The summed E-state index contributed by atoms with van der Waals surface area (Å²) in [6, 6.07) is 72.3. The van der Waals surface area contributed by atoms with Crippen LogP contribution in [0.1, 0.15) is 200 Å². The summed E-state index contributed by atoms with van der Waals surface area (Å²) in [5, 5.41) is 7.35. The first-order valence-electron chi connectivity index (χ1n) is 39.2.